The maximum absolute atomic E-state index is 13.4. The molecule has 1 unspecified atom stereocenters. The Morgan fingerprint density at radius 3 is 3.16 bits per heavy atom. The van der Waals surface area contributed by atoms with Gasteiger partial charge < -0.3 is 15.0 Å². The van der Waals surface area contributed by atoms with Crippen LogP contribution in [0.1, 0.15) is 25.8 Å². The van der Waals surface area contributed by atoms with E-state index in [9.17, 15) is 4.39 Å². The number of halogens is 1. The van der Waals surface area contributed by atoms with Crippen molar-refractivity contribution in [3.63, 3.8) is 0 Å². The van der Waals surface area contributed by atoms with Gasteiger partial charge in [-0.05, 0) is 26.0 Å². The minimum absolute atomic E-state index is 0.275. The molecule has 0 aliphatic carbocycles. The van der Waals surface area contributed by atoms with E-state index >= 15 is 0 Å². The lowest BCUT2D eigenvalue weighted by molar-refractivity contribution is 0.0984. The SMILES string of the molecule is CCCNCc1cc(F)cnc1N1CCOCC1C. The molecule has 0 amide bonds. The number of aromatic nitrogens is 1. The van der Waals surface area contributed by atoms with Gasteiger partial charge in [-0.25, -0.2) is 9.37 Å². The van der Waals surface area contributed by atoms with E-state index < -0.39 is 0 Å². The number of nitrogens with zero attached hydrogens (tertiary/aromatic N) is 2. The third kappa shape index (κ3) is 3.64. The topological polar surface area (TPSA) is 37.4 Å². The Labute approximate surface area is 114 Å². The molecule has 1 aromatic heterocycles. The number of hydrogen-bond donors (Lipinski definition) is 1. The number of ether oxygens (including phenoxy) is 1. The van der Waals surface area contributed by atoms with Crippen LogP contribution in [0.2, 0.25) is 0 Å². The average Bonchev–Trinajstić information content (AvgIpc) is 2.40. The first-order valence-electron chi connectivity index (χ1n) is 6.92. The van der Waals surface area contributed by atoms with Crippen LogP contribution in [0.15, 0.2) is 12.3 Å². The van der Waals surface area contributed by atoms with Crippen LogP contribution < -0.4 is 10.2 Å². The quantitative estimate of drug-likeness (QED) is 0.827. The summed E-state index contributed by atoms with van der Waals surface area (Å²) in [5.74, 6) is 0.596. The second kappa shape index (κ2) is 6.82. The Balaban J connectivity index is 2.17. The monoisotopic (exact) mass is 267 g/mol. The van der Waals surface area contributed by atoms with Gasteiger partial charge in [0.2, 0.25) is 0 Å². The molecular formula is C14H22FN3O. The van der Waals surface area contributed by atoms with Crippen molar-refractivity contribution in [3.05, 3.63) is 23.6 Å². The van der Waals surface area contributed by atoms with Crippen LogP contribution in [0, 0.1) is 5.82 Å². The lowest BCUT2D eigenvalue weighted by atomic mass is 10.2. The molecule has 4 nitrogen and oxygen atoms in total. The first-order chi connectivity index (χ1) is 9.22. The van der Waals surface area contributed by atoms with Crippen LogP contribution in [-0.4, -0.2) is 37.3 Å². The molecule has 0 radical (unpaired) electrons. The lowest BCUT2D eigenvalue weighted by Gasteiger charge is -2.35. The Hall–Kier alpha value is -1.20. The largest absolute Gasteiger partial charge is 0.377 e. The van der Waals surface area contributed by atoms with Crippen LogP contribution >= 0.6 is 0 Å². The summed E-state index contributed by atoms with van der Waals surface area (Å²) < 4.78 is 18.8. The van der Waals surface area contributed by atoms with Crippen molar-refractivity contribution >= 4 is 5.82 Å². The molecule has 1 fully saturated rings. The van der Waals surface area contributed by atoms with E-state index in [2.05, 4.69) is 29.0 Å². The smallest absolute Gasteiger partial charge is 0.141 e. The summed E-state index contributed by atoms with van der Waals surface area (Å²) in [5.41, 5.74) is 0.919. The first-order valence-corrected chi connectivity index (χ1v) is 6.92. The van der Waals surface area contributed by atoms with Crippen molar-refractivity contribution in [2.24, 2.45) is 0 Å². The highest BCUT2D eigenvalue weighted by atomic mass is 19.1. The third-order valence-electron chi connectivity index (χ3n) is 3.29. The highest BCUT2D eigenvalue weighted by Gasteiger charge is 2.22. The minimum Gasteiger partial charge on any atom is -0.377 e. The molecule has 0 aromatic carbocycles. The molecule has 1 atom stereocenters. The Bertz CT molecular complexity index is 414. The van der Waals surface area contributed by atoms with Crippen molar-refractivity contribution in [1.29, 1.82) is 0 Å². The van der Waals surface area contributed by atoms with E-state index in [1.54, 1.807) is 6.07 Å². The van der Waals surface area contributed by atoms with Crippen molar-refractivity contribution in [1.82, 2.24) is 10.3 Å². The molecule has 1 aliphatic rings. The highest BCUT2D eigenvalue weighted by molar-refractivity contribution is 5.48. The molecule has 2 heterocycles. The van der Waals surface area contributed by atoms with Crippen LogP contribution in [0.5, 0.6) is 0 Å². The van der Waals surface area contributed by atoms with E-state index in [0.29, 0.717) is 19.8 Å². The summed E-state index contributed by atoms with van der Waals surface area (Å²) in [5, 5.41) is 3.31. The second-order valence-corrected chi connectivity index (χ2v) is 4.93. The van der Waals surface area contributed by atoms with E-state index in [-0.39, 0.29) is 11.9 Å². The zero-order chi connectivity index (χ0) is 13.7. The van der Waals surface area contributed by atoms with Gasteiger partial charge in [0, 0.05) is 18.7 Å². The minimum atomic E-state index is -0.280. The number of anilines is 1. The summed E-state index contributed by atoms with van der Waals surface area (Å²) >= 11 is 0. The molecule has 5 heteroatoms. The van der Waals surface area contributed by atoms with E-state index in [1.807, 2.05) is 0 Å². The molecule has 1 N–H and O–H groups in total. The summed E-state index contributed by atoms with van der Waals surface area (Å²) in [6, 6.07) is 1.85. The van der Waals surface area contributed by atoms with Crippen molar-refractivity contribution < 1.29 is 9.13 Å². The van der Waals surface area contributed by atoms with Crippen molar-refractivity contribution in [2.75, 3.05) is 31.2 Å². The average molecular weight is 267 g/mol. The van der Waals surface area contributed by atoms with Crippen LogP contribution in [0.3, 0.4) is 0 Å². The zero-order valence-electron chi connectivity index (χ0n) is 11.7. The van der Waals surface area contributed by atoms with Gasteiger partial charge in [-0.3, -0.25) is 0 Å². The second-order valence-electron chi connectivity index (χ2n) is 4.93. The molecule has 1 saturated heterocycles. The van der Waals surface area contributed by atoms with Crippen LogP contribution in [-0.2, 0) is 11.3 Å². The fourth-order valence-corrected chi connectivity index (χ4v) is 2.30. The molecule has 1 aromatic rings. The number of morpholine rings is 1. The van der Waals surface area contributed by atoms with Crippen molar-refractivity contribution in [2.45, 2.75) is 32.9 Å². The Kier molecular flexibility index (Phi) is 5.10. The third-order valence-corrected chi connectivity index (χ3v) is 3.29. The predicted octanol–water partition coefficient (Wildman–Crippen LogP) is 1.95. The van der Waals surface area contributed by atoms with Gasteiger partial charge >= 0.3 is 0 Å². The van der Waals surface area contributed by atoms with E-state index in [1.165, 1.54) is 6.20 Å². The van der Waals surface area contributed by atoms with Gasteiger partial charge in [0.1, 0.15) is 11.6 Å². The van der Waals surface area contributed by atoms with Gasteiger partial charge in [0.25, 0.3) is 0 Å². The molecule has 0 bridgehead atoms. The standard InChI is InChI=1S/C14H22FN3O/c1-3-4-16-8-12-7-13(15)9-17-14(12)18-5-6-19-10-11(18)2/h7,9,11,16H,3-6,8,10H2,1-2H3. The lowest BCUT2D eigenvalue weighted by Crippen LogP contribution is -2.44. The van der Waals surface area contributed by atoms with Crippen molar-refractivity contribution in [3.8, 4) is 0 Å². The number of rotatable bonds is 5. The number of pyridine rings is 1. The van der Waals surface area contributed by atoms with Gasteiger partial charge in [-0.1, -0.05) is 6.92 Å². The van der Waals surface area contributed by atoms with Gasteiger partial charge in [-0.15, -0.1) is 0 Å². The summed E-state index contributed by atoms with van der Waals surface area (Å²) in [6.45, 7) is 7.99. The normalized spacial score (nSPS) is 19.7. The Morgan fingerprint density at radius 2 is 2.42 bits per heavy atom. The maximum Gasteiger partial charge on any atom is 0.141 e. The highest BCUT2D eigenvalue weighted by Crippen LogP contribution is 2.22. The molecule has 19 heavy (non-hydrogen) atoms. The summed E-state index contributed by atoms with van der Waals surface area (Å²) in [4.78, 5) is 6.49. The molecule has 2 rings (SSSR count). The zero-order valence-corrected chi connectivity index (χ0v) is 11.7. The first kappa shape index (κ1) is 14.2. The molecule has 0 saturated carbocycles. The molecule has 0 spiro atoms. The van der Waals surface area contributed by atoms with Crippen LogP contribution in [0.25, 0.3) is 0 Å². The number of nitrogens with one attached hydrogen (secondary N) is 1. The number of hydrogen-bond acceptors (Lipinski definition) is 4. The van der Waals surface area contributed by atoms with E-state index in [0.717, 1.165) is 30.9 Å². The predicted molar refractivity (Wildman–Crippen MR) is 73.8 cm³/mol. The maximum atomic E-state index is 13.4. The molecular weight excluding hydrogens is 245 g/mol. The van der Waals surface area contributed by atoms with Gasteiger partial charge in [0.05, 0.1) is 25.5 Å². The summed E-state index contributed by atoms with van der Waals surface area (Å²) in [7, 11) is 0. The van der Waals surface area contributed by atoms with Crippen LogP contribution in [0.4, 0.5) is 10.2 Å². The van der Waals surface area contributed by atoms with Gasteiger partial charge in [-0.2, -0.15) is 0 Å². The fourth-order valence-electron chi connectivity index (χ4n) is 2.30. The van der Waals surface area contributed by atoms with Gasteiger partial charge in [0.15, 0.2) is 0 Å². The molecule has 106 valence electrons. The summed E-state index contributed by atoms with van der Waals surface area (Å²) in [6.07, 6.45) is 2.35. The molecule has 1 aliphatic heterocycles. The fraction of sp³-hybridized carbons (Fsp3) is 0.643. The van der Waals surface area contributed by atoms with E-state index in [4.69, 9.17) is 4.74 Å². The Morgan fingerprint density at radius 1 is 1.58 bits per heavy atom.